The van der Waals surface area contributed by atoms with Crippen LogP contribution in [0.2, 0.25) is 0 Å². The third-order valence-corrected chi connectivity index (χ3v) is 1.61. The van der Waals surface area contributed by atoms with E-state index in [1.54, 1.807) is 0 Å². The average molecular weight is 221 g/mol. The standard InChI is InChI=1S/C8H13BrO2/c9-5-1-3-7-11-8-4-2-6-10/h10H,1,3,5-8H2. The van der Waals surface area contributed by atoms with E-state index in [-0.39, 0.29) is 6.61 Å². The fourth-order valence-corrected chi connectivity index (χ4v) is 0.925. The summed E-state index contributed by atoms with van der Waals surface area (Å²) in [5.74, 6) is 5.19. The maximum atomic E-state index is 8.27. The lowest BCUT2D eigenvalue weighted by Crippen LogP contribution is -1.95. The number of hydrogen-bond donors (Lipinski definition) is 1. The van der Waals surface area contributed by atoms with Crippen LogP contribution in [0.1, 0.15) is 12.8 Å². The Hall–Kier alpha value is -0.0400. The SMILES string of the molecule is OCC#CCOCCCCBr. The Labute approximate surface area is 76.1 Å². The molecule has 0 atom stereocenters. The summed E-state index contributed by atoms with van der Waals surface area (Å²) < 4.78 is 5.13. The Morgan fingerprint density at radius 2 is 2.09 bits per heavy atom. The van der Waals surface area contributed by atoms with Crippen molar-refractivity contribution in [3.63, 3.8) is 0 Å². The average Bonchev–Trinajstić information content (AvgIpc) is 2.03. The van der Waals surface area contributed by atoms with Crippen molar-refractivity contribution in [2.45, 2.75) is 12.8 Å². The number of hydrogen-bond acceptors (Lipinski definition) is 2. The molecule has 0 amide bonds. The van der Waals surface area contributed by atoms with Gasteiger partial charge in [0.1, 0.15) is 13.2 Å². The fourth-order valence-electron chi connectivity index (χ4n) is 0.529. The minimum atomic E-state index is -0.0786. The fraction of sp³-hybridized carbons (Fsp3) is 0.750. The van der Waals surface area contributed by atoms with E-state index in [0.717, 1.165) is 24.8 Å². The minimum Gasteiger partial charge on any atom is -0.384 e. The monoisotopic (exact) mass is 220 g/mol. The molecule has 3 heteroatoms. The first-order valence-corrected chi connectivity index (χ1v) is 4.74. The summed E-state index contributed by atoms with van der Waals surface area (Å²) in [7, 11) is 0. The highest BCUT2D eigenvalue weighted by Gasteiger charge is 1.84. The highest BCUT2D eigenvalue weighted by molar-refractivity contribution is 9.09. The van der Waals surface area contributed by atoms with Crippen molar-refractivity contribution in [2.75, 3.05) is 25.2 Å². The highest BCUT2D eigenvalue weighted by atomic mass is 79.9. The molecule has 0 aromatic heterocycles. The van der Waals surface area contributed by atoms with E-state index in [4.69, 9.17) is 9.84 Å². The molecular formula is C8H13BrO2. The van der Waals surface area contributed by atoms with E-state index in [0.29, 0.717) is 6.61 Å². The van der Waals surface area contributed by atoms with Gasteiger partial charge in [-0.05, 0) is 12.8 Å². The number of aliphatic hydroxyl groups excluding tert-OH is 1. The first kappa shape index (κ1) is 11.0. The number of aliphatic hydroxyl groups is 1. The second-order valence-electron chi connectivity index (χ2n) is 1.96. The van der Waals surface area contributed by atoms with E-state index in [1.807, 2.05) is 0 Å². The van der Waals surface area contributed by atoms with Crippen molar-refractivity contribution in [1.29, 1.82) is 0 Å². The molecule has 0 radical (unpaired) electrons. The van der Waals surface area contributed by atoms with Crippen LogP contribution in [0.4, 0.5) is 0 Å². The van der Waals surface area contributed by atoms with Gasteiger partial charge in [0.15, 0.2) is 0 Å². The molecular weight excluding hydrogens is 208 g/mol. The molecule has 64 valence electrons. The van der Waals surface area contributed by atoms with Gasteiger partial charge in [0.05, 0.1) is 0 Å². The van der Waals surface area contributed by atoms with Gasteiger partial charge in [0.25, 0.3) is 0 Å². The summed E-state index contributed by atoms with van der Waals surface area (Å²) in [5.41, 5.74) is 0. The van der Waals surface area contributed by atoms with Gasteiger partial charge < -0.3 is 9.84 Å². The Bertz CT molecular complexity index is 126. The summed E-state index contributed by atoms with van der Waals surface area (Å²) in [5, 5.41) is 9.30. The topological polar surface area (TPSA) is 29.5 Å². The van der Waals surface area contributed by atoms with Gasteiger partial charge in [-0.3, -0.25) is 0 Å². The Morgan fingerprint density at radius 1 is 1.27 bits per heavy atom. The maximum Gasteiger partial charge on any atom is 0.107 e. The van der Waals surface area contributed by atoms with Crippen LogP contribution in [0.5, 0.6) is 0 Å². The molecule has 1 N–H and O–H groups in total. The summed E-state index contributed by atoms with van der Waals surface area (Å²) in [6, 6.07) is 0. The zero-order valence-corrected chi connectivity index (χ0v) is 8.06. The highest BCUT2D eigenvalue weighted by Crippen LogP contribution is 1.93. The molecule has 0 aliphatic carbocycles. The molecule has 0 aromatic rings. The van der Waals surface area contributed by atoms with Crippen LogP contribution in [0.15, 0.2) is 0 Å². The largest absolute Gasteiger partial charge is 0.384 e. The van der Waals surface area contributed by atoms with Gasteiger partial charge in [-0.25, -0.2) is 0 Å². The lowest BCUT2D eigenvalue weighted by Gasteiger charge is -1.96. The Morgan fingerprint density at radius 3 is 2.73 bits per heavy atom. The van der Waals surface area contributed by atoms with Crippen molar-refractivity contribution in [2.24, 2.45) is 0 Å². The normalized spacial score (nSPS) is 8.91. The van der Waals surface area contributed by atoms with E-state index in [2.05, 4.69) is 27.8 Å². The molecule has 0 unspecified atom stereocenters. The van der Waals surface area contributed by atoms with Crippen LogP contribution in [0, 0.1) is 11.8 Å². The molecule has 0 aliphatic rings. The molecule has 0 bridgehead atoms. The summed E-state index contributed by atoms with van der Waals surface area (Å²) in [6.45, 7) is 1.11. The summed E-state index contributed by atoms with van der Waals surface area (Å²) in [4.78, 5) is 0. The quantitative estimate of drug-likeness (QED) is 0.429. The lowest BCUT2D eigenvalue weighted by molar-refractivity contribution is 0.163. The molecule has 0 saturated heterocycles. The van der Waals surface area contributed by atoms with Crippen LogP contribution in [0.3, 0.4) is 0 Å². The van der Waals surface area contributed by atoms with Gasteiger partial charge in [-0.15, -0.1) is 0 Å². The number of halogens is 1. The van der Waals surface area contributed by atoms with Crippen molar-refractivity contribution in [3.05, 3.63) is 0 Å². The summed E-state index contributed by atoms with van der Waals surface area (Å²) >= 11 is 3.33. The molecule has 0 saturated carbocycles. The van der Waals surface area contributed by atoms with E-state index in [9.17, 15) is 0 Å². The number of unbranched alkanes of at least 4 members (excludes halogenated alkanes) is 1. The third kappa shape index (κ3) is 9.96. The smallest absolute Gasteiger partial charge is 0.107 e. The first-order valence-electron chi connectivity index (χ1n) is 3.62. The molecule has 0 aliphatic heterocycles. The van der Waals surface area contributed by atoms with Crippen LogP contribution in [-0.2, 0) is 4.74 Å². The van der Waals surface area contributed by atoms with Gasteiger partial charge >= 0.3 is 0 Å². The zero-order chi connectivity index (χ0) is 8.36. The lowest BCUT2D eigenvalue weighted by atomic mass is 10.4. The molecule has 0 heterocycles. The molecule has 0 fully saturated rings. The van der Waals surface area contributed by atoms with Crippen LogP contribution in [0.25, 0.3) is 0 Å². The van der Waals surface area contributed by atoms with Crippen molar-refractivity contribution in [3.8, 4) is 11.8 Å². The first-order chi connectivity index (χ1) is 5.41. The molecule has 11 heavy (non-hydrogen) atoms. The van der Waals surface area contributed by atoms with Gasteiger partial charge in [-0.1, -0.05) is 27.8 Å². The molecule has 0 rings (SSSR count). The Balaban J connectivity index is 2.90. The number of alkyl halides is 1. The molecule has 2 nitrogen and oxygen atoms in total. The predicted molar refractivity (Wildman–Crippen MR) is 48.7 cm³/mol. The van der Waals surface area contributed by atoms with Crippen molar-refractivity contribution >= 4 is 15.9 Å². The number of ether oxygens (including phenoxy) is 1. The van der Waals surface area contributed by atoms with Gasteiger partial charge in [-0.2, -0.15) is 0 Å². The predicted octanol–water partition coefficient (Wildman–Crippen LogP) is 1.17. The summed E-state index contributed by atoms with van der Waals surface area (Å²) in [6.07, 6.45) is 2.19. The van der Waals surface area contributed by atoms with E-state index in [1.165, 1.54) is 0 Å². The second-order valence-corrected chi connectivity index (χ2v) is 2.75. The van der Waals surface area contributed by atoms with Crippen molar-refractivity contribution < 1.29 is 9.84 Å². The van der Waals surface area contributed by atoms with Gasteiger partial charge in [0.2, 0.25) is 0 Å². The Kier molecular flexibility index (Phi) is 9.92. The zero-order valence-electron chi connectivity index (χ0n) is 6.48. The van der Waals surface area contributed by atoms with E-state index >= 15 is 0 Å². The van der Waals surface area contributed by atoms with Crippen LogP contribution in [-0.4, -0.2) is 30.3 Å². The van der Waals surface area contributed by atoms with E-state index < -0.39 is 0 Å². The van der Waals surface area contributed by atoms with Gasteiger partial charge in [0, 0.05) is 11.9 Å². The van der Waals surface area contributed by atoms with Crippen LogP contribution < -0.4 is 0 Å². The second kappa shape index (κ2) is 9.96. The third-order valence-electron chi connectivity index (χ3n) is 1.05. The number of rotatable bonds is 5. The van der Waals surface area contributed by atoms with Crippen LogP contribution >= 0.6 is 15.9 Å². The molecule has 0 aromatic carbocycles. The maximum absolute atomic E-state index is 8.27. The molecule has 0 spiro atoms. The minimum absolute atomic E-state index is 0.0786. The van der Waals surface area contributed by atoms with Crippen molar-refractivity contribution in [1.82, 2.24) is 0 Å².